The van der Waals surface area contributed by atoms with Gasteiger partial charge in [0.15, 0.2) is 6.29 Å². The lowest BCUT2D eigenvalue weighted by atomic mass is 10.1. The van der Waals surface area contributed by atoms with Crippen LogP contribution in [0.15, 0.2) is 42.5 Å². The first-order chi connectivity index (χ1) is 21.1. The van der Waals surface area contributed by atoms with Crippen molar-refractivity contribution in [1.82, 2.24) is 10.2 Å². The number of cyclic esters (lactones) is 1. The van der Waals surface area contributed by atoms with Crippen LogP contribution in [-0.2, 0) is 35.3 Å². The molecule has 4 rings (SSSR count). The Morgan fingerprint density at radius 2 is 1.89 bits per heavy atom. The summed E-state index contributed by atoms with van der Waals surface area (Å²) in [5.74, 6) is -7.37. The summed E-state index contributed by atoms with van der Waals surface area (Å²) in [6, 6.07) is 8.54. The second-order valence-electron chi connectivity index (χ2n) is 10.3. The van der Waals surface area contributed by atoms with Crippen LogP contribution < -0.4 is 15.4 Å². The van der Waals surface area contributed by atoms with Crippen LogP contribution >= 0.6 is 11.6 Å². The van der Waals surface area contributed by atoms with E-state index in [2.05, 4.69) is 10.6 Å². The van der Waals surface area contributed by atoms with Crippen LogP contribution in [0.2, 0.25) is 5.02 Å². The van der Waals surface area contributed by atoms with E-state index in [0.717, 1.165) is 5.56 Å². The number of nitrogens with zero attached hydrogens (tertiary/aromatic N) is 1. The maximum absolute atomic E-state index is 13.6. The fourth-order valence-electron chi connectivity index (χ4n) is 4.48. The average molecular weight is 654 g/mol. The Morgan fingerprint density at radius 3 is 2.44 bits per heavy atom. The Morgan fingerprint density at radius 1 is 1.22 bits per heavy atom. The van der Waals surface area contributed by atoms with E-state index >= 15 is 0 Å². The van der Waals surface area contributed by atoms with Gasteiger partial charge in [0.05, 0.1) is 36.5 Å². The number of esters is 1. The number of carbonyl (C=O) groups excluding carboxylic acids is 4. The second-order valence-corrected chi connectivity index (χ2v) is 10.7. The average Bonchev–Trinajstić information content (AvgIpc) is 3.49. The smallest absolute Gasteiger partial charge is 0.326 e. The third-order valence-electron chi connectivity index (χ3n) is 6.62. The van der Waals surface area contributed by atoms with Crippen LogP contribution in [0.5, 0.6) is 5.75 Å². The molecule has 2 heterocycles. The number of methoxy groups -OCH3 is 1. The van der Waals surface area contributed by atoms with E-state index in [1.54, 1.807) is 0 Å². The molecule has 2 aromatic rings. The minimum atomic E-state index is -3.33. The van der Waals surface area contributed by atoms with Crippen molar-refractivity contribution in [2.75, 3.05) is 19.0 Å². The van der Waals surface area contributed by atoms with Gasteiger partial charge in [0.25, 0.3) is 11.8 Å². The Balaban J connectivity index is 0.000000305. The predicted molar refractivity (Wildman–Crippen MR) is 156 cm³/mol. The number of likely N-dealkylation sites (tertiary alicyclic amines) is 1. The summed E-state index contributed by atoms with van der Waals surface area (Å²) in [5.41, 5.74) is 8.65. The molecule has 16 heteroatoms. The Bertz CT molecular complexity index is 1430. The third kappa shape index (κ3) is 9.57. The van der Waals surface area contributed by atoms with Crippen molar-refractivity contribution in [3.05, 3.63) is 64.3 Å². The van der Waals surface area contributed by atoms with Gasteiger partial charge in [0, 0.05) is 25.8 Å². The summed E-state index contributed by atoms with van der Waals surface area (Å²) in [7, 11) is 1.27. The molecule has 4 N–H and O–H groups in total. The summed E-state index contributed by atoms with van der Waals surface area (Å²) in [6.45, 7) is 1.83. The SMILES string of the molecule is COc1cc(NC(C)=O)c(Cl)cc1C(=O)NC(C)C(=O)N1CC(F)(F)CC1C(=O)O.[NH-]C1CC(=O)OC1OCc1ccccc1. The Kier molecular flexibility index (Phi) is 11.8. The van der Waals surface area contributed by atoms with Gasteiger partial charge in [-0.25, -0.2) is 13.6 Å². The highest BCUT2D eigenvalue weighted by Gasteiger charge is 2.51. The normalized spacial score (nSPS) is 20.7. The zero-order chi connectivity index (χ0) is 33.5. The summed E-state index contributed by atoms with van der Waals surface area (Å²) in [5, 5.41) is 13.9. The van der Waals surface area contributed by atoms with Gasteiger partial charge in [0.2, 0.25) is 11.8 Å². The van der Waals surface area contributed by atoms with Gasteiger partial charge in [-0.3, -0.25) is 19.2 Å². The number of benzene rings is 2. The summed E-state index contributed by atoms with van der Waals surface area (Å²) in [4.78, 5) is 59.0. The number of aliphatic carboxylic acids is 1. The highest BCUT2D eigenvalue weighted by Crippen LogP contribution is 2.33. The molecule has 2 aliphatic rings. The molecule has 0 bridgehead atoms. The number of carbonyl (C=O) groups is 5. The number of hydrogen-bond donors (Lipinski definition) is 3. The minimum Gasteiger partial charge on any atom is -0.669 e. The van der Waals surface area contributed by atoms with Crippen molar-refractivity contribution in [1.29, 1.82) is 0 Å². The molecule has 0 spiro atoms. The van der Waals surface area contributed by atoms with Crippen LogP contribution in [0, 0.1) is 0 Å². The molecule has 13 nitrogen and oxygen atoms in total. The molecular formula is C29H32ClF2N4O9-. The van der Waals surface area contributed by atoms with E-state index in [0.29, 0.717) is 11.5 Å². The van der Waals surface area contributed by atoms with Crippen LogP contribution in [0.1, 0.15) is 42.6 Å². The molecule has 244 valence electrons. The highest BCUT2D eigenvalue weighted by molar-refractivity contribution is 6.34. The van der Waals surface area contributed by atoms with E-state index < -0.39 is 67.0 Å². The standard InChI is InChI=1S/C18H20ClF2N3O6.C11H12NO3/c1-8(16(27)24-7-18(20,21)6-13(24)17(28)29)22-15(26)10-4-11(19)12(23-9(2)25)5-14(10)30-3;12-9-6-10(13)15-11(9)14-7-8-4-2-1-3-5-8/h4-5,8,13H,6-7H2,1-3H3,(H,22,26)(H,23,25)(H,28,29);1-5,9,11-12H,6-7H2/q;-1. The topological polar surface area (TPSA) is 184 Å². The first-order valence-electron chi connectivity index (χ1n) is 13.5. The highest BCUT2D eigenvalue weighted by atomic mass is 35.5. The number of carboxylic acid groups (broad SMARTS) is 1. The zero-order valence-electron chi connectivity index (χ0n) is 24.5. The molecule has 0 aromatic heterocycles. The van der Waals surface area contributed by atoms with Crippen molar-refractivity contribution < 1.29 is 52.1 Å². The van der Waals surface area contributed by atoms with E-state index in [4.69, 9.17) is 36.7 Å². The molecular weight excluding hydrogens is 622 g/mol. The first kappa shape index (κ1) is 35.1. The van der Waals surface area contributed by atoms with Crippen molar-refractivity contribution in [3.63, 3.8) is 0 Å². The molecule has 45 heavy (non-hydrogen) atoms. The van der Waals surface area contributed by atoms with Gasteiger partial charge in [-0.1, -0.05) is 48.0 Å². The van der Waals surface area contributed by atoms with Crippen LogP contribution in [0.4, 0.5) is 14.5 Å². The quantitative estimate of drug-likeness (QED) is 0.340. The number of halogens is 3. The lowest BCUT2D eigenvalue weighted by molar-refractivity contribution is -0.165. The van der Waals surface area contributed by atoms with Gasteiger partial charge < -0.3 is 40.6 Å². The lowest BCUT2D eigenvalue weighted by Gasteiger charge is -2.25. The van der Waals surface area contributed by atoms with Gasteiger partial charge in [-0.15, -0.1) is 0 Å². The minimum absolute atomic E-state index is 0.0280. The summed E-state index contributed by atoms with van der Waals surface area (Å²) in [6.07, 6.45) is -1.58. The van der Waals surface area contributed by atoms with E-state index in [1.807, 2.05) is 30.3 Å². The molecule has 0 aliphatic carbocycles. The maximum Gasteiger partial charge on any atom is 0.326 e. The molecule has 3 amide bonds. The maximum atomic E-state index is 13.6. The monoisotopic (exact) mass is 653 g/mol. The van der Waals surface area contributed by atoms with E-state index in [-0.39, 0.29) is 34.4 Å². The van der Waals surface area contributed by atoms with Crippen LogP contribution in [0.3, 0.4) is 0 Å². The first-order valence-corrected chi connectivity index (χ1v) is 13.9. The largest absolute Gasteiger partial charge is 0.669 e. The van der Waals surface area contributed by atoms with Gasteiger partial charge in [0.1, 0.15) is 17.8 Å². The van der Waals surface area contributed by atoms with Gasteiger partial charge >= 0.3 is 11.9 Å². The van der Waals surface area contributed by atoms with Gasteiger partial charge in [-0.2, -0.15) is 0 Å². The number of amides is 3. The Hall–Kier alpha value is -4.34. The Labute approximate surface area is 261 Å². The molecule has 4 atom stereocenters. The van der Waals surface area contributed by atoms with E-state index in [1.165, 1.54) is 33.1 Å². The number of nitrogens with one attached hydrogen (secondary N) is 3. The van der Waals surface area contributed by atoms with Crippen molar-refractivity contribution in [3.8, 4) is 5.75 Å². The zero-order valence-corrected chi connectivity index (χ0v) is 25.2. The van der Waals surface area contributed by atoms with Crippen molar-refractivity contribution in [2.24, 2.45) is 0 Å². The van der Waals surface area contributed by atoms with Crippen LogP contribution in [-0.4, -0.2) is 83.7 Å². The van der Waals surface area contributed by atoms with E-state index in [9.17, 15) is 32.8 Å². The predicted octanol–water partition coefficient (Wildman–Crippen LogP) is 3.64. The molecule has 2 aliphatic heterocycles. The number of carboxylic acids is 1. The number of hydrogen-bond acceptors (Lipinski definition) is 8. The molecule has 0 saturated carbocycles. The van der Waals surface area contributed by atoms with Crippen LogP contribution in [0.25, 0.3) is 5.73 Å². The lowest BCUT2D eigenvalue weighted by Crippen LogP contribution is -2.50. The molecule has 2 fully saturated rings. The third-order valence-corrected chi connectivity index (χ3v) is 6.93. The molecule has 2 saturated heterocycles. The number of rotatable bonds is 9. The number of anilines is 1. The number of ether oxygens (including phenoxy) is 3. The molecule has 0 radical (unpaired) electrons. The molecule has 4 unspecified atom stereocenters. The van der Waals surface area contributed by atoms with Crippen molar-refractivity contribution >= 4 is 46.9 Å². The molecule has 2 aromatic carbocycles. The summed E-state index contributed by atoms with van der Waals surface area (Å²) >= 11 is 6.06. The summed E-state index contributed by atoms with van der Waals surface area (Å²) < 4.78 is 42.5. The van der Waals surface area contributed by atoms with Crippen molar-refractivity contribution in [2.45, 2.75) is 63.6 Å². The number of alkyl halides is 2. The fourth-order valence-corrected chi connectivity index (χ4v) is 4.69. The fraction of sp³-hybridized carbons (Fsp3) is 0.414. The van der Waals surface area contributed by atoms with Gasteiger partial charge in [-0.05, 0) is 18.6 Å². The second kappa shape index (κ2) is 15.1.